The third-order valence-corrected chi connectivity index (χ3v) is 2.65. The summed E-state index contributed by atoms with van der Waals surface area (Å²) < 4.78 is 0. The molecule has 1 saturated heterocycles. The summed E-state index contributed by atoms with van der Waals surface area (Å²) in [7, 11) is 0. The van der Waals surface area contributed by atoms with Crippen LogP contribution < -0.4 is 0 Å². The van der Waals surface area contributed by atoms with Gasteiger partial charge in [-0.1, -0.05) is 0 Å². The zero-order chi connectivity index (χ0) is 11.5. The number of aromatic nitrogens is 2. The van der Waals surface area contributed by atoms with Crippen molar-refractivity contribution < 1.29 is 9.72 Å². The van der Waals surface area contributed by atoms with E-state index in [0.717, 1.165) is 19.3 Å². The fraction of sp³-hybridized carbons (Fsp3) is 0.556. The van der Waals surface area contributed by atoms with Crippen molar-refractivity contribution in [2.24, 2.45) is 0 Å². The van der Waals surface area contributed by atoms with Gasteiger partial charge in [-0.2, -0.15) is 0 Å². The van der Waals surface area contributed by atoms with E-state index in [-0.39, 0.29) is 17.4 Å². The molecule has 0 bridgehead atoms. The smallest absolute Gasteiger partial charge is 0.353 e. The number of rotatable bonds is 2. The number of aromatic amines is 1. The van der Waals surface area contributed by atoms with Gasteiger partial charge >= 0.3 is 5.82 Å². The second-order valence-corrected chi connectivity index (χ2v) is 3.71. The van der Waals surface area contributed by atoms with E-state index >= 15 is 0 Å². The second-order valence-electron chi connectivity index (χ2n) is 3.71. The molecule has 1 aliphatic heterocycles. The van der Waals surface area contributed by atoms with Gasteiger partial charge in [0.1, 0.15) is 0 Å². The second kappa shape index (κ2) is 4.30. The van der Waals surface area contributed by atoms with E-state index in [1.807, 2.05) is 0 Å². The number of piperidine rings is 1. The van der Waals surface area contributed by atoms with Gasteiger partial charge in [0.25, 0.3) is 5.91 Å². The number of carbonyl (C=O) groups excluding carboxylic acids is 1. The maximum absolute atomic E-state index is 11.9. The fourth-order valence-corrected chi connectivity index (χ4v) is 1.83. The lowest BCUT2D eigenvalue weighted by molar-refractivity contribution is -0.389. The highest BCUT2D eigenvalue weighted by atomic mass is 16.6. The first-order valence-corrected chi connectivity index (χ1v) is 5.17. The largest absolute Gasteiger partial charge is 0.358 e. The van der Waals surface area contributed by atoms with Crippen molar-refractivity contribution in [3.63, 3.8) is 0 Å². The molecule has 1 fully saturated rings. The number of nitrogens with one attached hydrogen (secondary N) is 1. The molecule has 0 aromatic carbocycles. The number of hydrogen-bond donors (Lipinski definition) is 1. The maximum Gasteiger partial charge on any atom is 0.353 e. The highest BCUT2D eigenvalue weighted by molar-refractivity contribution is 5.95. The molecule has 0 aliphatic carbocycles. The monoisotopic (exact) mass is 224 g/mol. The van der Waals surface area contributed by atoms with Crippen LogP contribution >= 0.6 is 0 Å². The number of hydrogen-bond acceptors (Lipinski definition) is 4. The van der Waals surface area contributed by atoms with Crippen molar-refractivity contribution in [3.8, 4) is 0 Å². The summed E-state index contributed by atoms with van der Waals surface area (Å²) in [6.45, 7) is 1.31. The predicted octanol–water partition coefficient (Wildman–Crippen LogP) is 0.944. The average molecular weight is 224 g/mol. The first kappa shape index (κ1) is 10.6. The Bertz CT molecular complexity index is 409. The maximum atomic E-state index is 11.9. The summed E-state index contributed by atoms with van der Waals surface area (Å²) in [4.78, 5) is 29.6. The minimum Gasteiger partial charge on any atom is -0.358 e. The molecule has 1 aliphatic rings. The van der Waals surface area contributed by atoms with Crippen LogP contribution in [0.25, 0.3) is 0 Å². The predicted molar refractivity (Wildman–Crippen MR) is 55.0 cm³/mol. The van der Waals surface area contributed by atoms with Crippen LogP contribution in [0.4, 0.5) is 5.82 Å². The minimum absolute atomic E-state index is 0.0908. The van der Waals surface area contributed by atoms with Crippen molar-refractivity contribution in [1.82, 2.24) is 14.9 Å². The highest BCUT2D eigenvalue weighted by Gasteiger charge is 2.27. The van der Waals surface area contributed by atoms with Gasteiger partial charge in [-0.15, -0.1) is 0 Å². The minimum atomic E-state index is -0.621. The number of likely N-dealkylation sites (tertiary alicyclic amines) is 1. The lowest BCUT2D eigenvalue weighted by atomic mass is 10.1. The molecule has 2 heterocycles. The van der Waals surface area contributed by atoms with E-state index in [1.165, 1.54) is 6.33 Å². The zero-order valence-electron chi connectivity index (χ0n) is 8.68. The molecule has 0 radical (unpaired) electrons. The molecular weight excluding hydrogens is 212 g/mol. The number of amides is 1. The average Bonchev–Trinajstić information content (AvgIpc) is 2.78. The molecule has 1 aromatic heterocycles. The van der Waals surface area contributed by atoms with E-state index in [9.17, 15) is 14.9 Å². The van der Waals surface area contributed by atoms with E-state index < -0.39 is 4.92 Å². The molecule has 16 heavy (non-hydrogen) atoms. The molecule has 0 spiro atoms. The highest BCUT2D eigenvalue weighted by Crippen LogP contribution is 2.17. The van der Waals surface area contributed by atoms with Gasteiger partial charge < -0.3 is 15.0 Å². The van der Waals surface area contributed by atoms with E-state index in [2.05, 4.69) is 9.97 Å². The standard InChI is InChI=1S/C9H12N4O3/c14-9(12-4-2-1-3-5-12)7-8(13(15)16)11-6-10-7/h6H,1-5H2,(H,10,11). The zero-order valence-corrected chi connectivity index (χ0v) is 8.68. The summed E-state index contributed by atoms with van der Waals surface area (Å²) in [5.41, 5.74) is -0.0908. The van der Waals surface area contributed by atoms with Gasteiger partial charge in [0.15, 0.2) is 6.33 Å². The van der Waals surface area contributed by atoms with Gasteiger partial charge in [-0.05, 0) is 24.2 Å². The van der Waals surface area contributed by atoms with Crippen molar-refractivity contribution in [1.29, 1.82) is 0 Å². The Morgan fingerprint density at radius 3 is 2.75 bits per heavy atom. The summed E-state index contributed by atoms with van der Waals surface area (Å²) in [5.74, 6) is -0.678. The van der Waals surface area contributed by atoms with Crippen LogP contribution in [0.2, 0.25) is 0 Å². The number of H-pyrrole nitrogens is 1. The Hall–Kier alpha value is -1.92. The summed E-state index contributed by atoms with van der Waals surface area (Å²) in [6, 6.07) is 0. The van der Waals surface area contributed by atoms with Crippen LogP contribution in [0.3, 0.4) is 0 Å². The summed E-state index contributed by atoms with van der Waals surface area (Å²) in [5, 5.41) is 10.6. The van der Waals surface area contributed by atoms with Gasteiger partial charge in [0, 0.05) is 13.1 Å². The van der Waals surface area contributed by atoms with Crippen LogP contribution in [-0.2, 0) is 0 Å². The van der Waals surface area contributed by atoms with Crippen LogP contribution in [0, 0.1) is 10.1 Å². The van der Waals surface area contributed by atoms with Gasteiger partial charge in [-0.25, -0.2) is 9.97 Å². The Morgan fingerprint density at radius 1 is 1.44 bits per heavy atom. The van der Waals surface area contributed by atoms with E-state index in [1.54, 1.807) is 4.90 Å². The molecule has 0 unspecified atom stereocenters. The number of imidazole rings is 1. The van der Waals surface area contributed by atoms with Gasteiger partial charge in [-0.3, -0.25) is 4.79 Å². The normalized spacial score (nSPS) is 16.1. The summed E-state index contributed by atoms with van der Waals surface area (Å²) >= 11 is 0. The molecule has 7 heteroatoms. The first-order chi connectivity index (χ1) is 7.70. The van der Waals surface area contributed by atoms with Crippen LogP contribution in [0.15, 0.2) is 6.33 Å². The van der Waals surface area contributed by atoms with Crippen molar-refractivity contribution in [2.75, 3.05) is 13.1 Å². The summed E-state index contributed by atoms with van der Waals surface area (Å²) in [6.07, 6.45) is 4.18. The molecule has 7 nitrogen and oxygen atoms in total. The topological polar surface area (TPSA) is 92.1 Å². The Balaban J connectivity index is 2.19. The number of nitrogens with zero attached hydrogens (tertiary/aromatic N) is 3. The molecule has 2 rings (SSSR count). The van der Waals surface area contributed by atoms with Gasteiger partial charge in [0.2, 0.25) is 5.69 Å². The van der Waals surface area contributed by atoms with Crippen LogP contribution in [-0.4, -0.2) is 38.8 Å². The quantitative estimate of drug-likeness (QED) is 0.597. The first-order valence-electron chi connectivity index (χ1n) is 5.17. The Labute approximate surface area is 91.6 Å². The molecule has 1 aromatic rings. The molecule has 0 saturated carbocycles. The molecule has 1 amide bonds. The van der Waals surface area contributed by atoms with E-state index in [0.29, 0.717) is 13.1 Å². The van der Waals surface area contributed by atoms with Crippen LogP contribution in [0.1, 0.15) is 29.8 Å². The third-order valence-electron chi connectivity index (χ3n) is 2.65. The van der Waals surface area contributed by atoms with Crippen molar-refractivity contribution >= 4 is 11.7 Å². The fourth-order valence-electron chi connectivity index (χ4n) is 1.83. The molecule has 1 N–H and O–H groups in total. The Morgan fingerprint density at radius 2 is 2.12 bits per heavy atom. The lowest BCUT2D eigenvalue weighted by Crippen LogP contribution is -2.36. The SMILES string of the molecule is O=C(c1nc[nH]c1[N+](=O)[O-])N1CCCCC1. The number of nitro groups is 1. The van der Waals surface area contributed by atoms with Crippen LogP contribution in [0.5, 0.6) is 0 Å². The lowest BCUT2D eigenvalue weighted by Gasteiger charge is -2.25. The molecule has 86 valence electrons. The van der Waals surface area contributed by atoms with E-state index in [4.69, 9.17) is 0 Å². The molecular formula is C9H12N4O3. The van der Waals surface area contributed by atoms with Crippen molar-refractivity contribution in [2.45, 2.75) is 19.3 Å². The van der Waals surface area contributed by atoms with Crippen molar-refractivity contribution in [3.05, 3.63) is 22.1 Å². The third kappa shape index (κ3) is 1.88. The van der Waals surface area contributed by atoms with Gasteiger partial charge in [0.05, 0.1) is 0 Å². The molecule has 0 atom stereocenters. The number of carbonyl (C=O) groups is 1. The Kier molecular flexibility index (Phi) is 2.84.